The summed E-state index contributed by atoms with van der Waals surface area (Å²) < 4.78 is 5.87. The van der Waals surface area contributed by atoms with Gasteiger partial charge in [-0.15, -0.1) is 11.3 Å². The summed E-state index contributed by atoms with van der Waals surface area (Å²) in [6.45, 7) is 6.90. The van der Waals surface area contributed by atoms with E-state index in [9.17, 15) is 4.79 Å². The first-order chi connectivity index (χ1) is 13.4. The standard InChI is InChI=1S/C22H23ClN2O2S/c1-15(2)25(22(26)17-8-10-18(23)11-9-17)12-19-14-28-21(24-19)13-27-20-7-5-4-6-16(20)3/h4-11,14-15H,12-13H2,1-3H3. The van der Waals surface area contributed by atoms with Crippen LogP contribution in [-0.2, 0) is 13.2 Å². The van der Waals surface area contributed by atoms with Crippen LogP contribution < -0.4 is 4.74 Å². The third-order valence-electron chi connectivity index (χ3n) is 4.35. The molecule has 28 heavy (non-hydrogen) atoms. The van der Waals surface area contributed by atoms with Gasteiger partial charge in [0.25, 0.3) is 5.91 Å². The molecule has 1 aromatic heterocycles. The van der Waals surface area contributed by atoms with Gasteiger partial charge in [-0.3, -0.25) is 4.79 Å². The highest BCUT2D eigenvalue weighted by atomic mass is 35.5. The average Bonchev–Trinajstić information content (AvgIpc) is 3.13. The fraction of sp³-hybridized carbons (Fsp3) is 0.273. The maximum Gasteiger partial charge on any atom is 0.254 e. The van der Waals surface area contributed by atoms with E-state index < -0.39 is 0 Å². The Labute approximate surface area is 174 Å². The number of benzene rings is 2. The smallest absolute Gasteiger partial charge is 0.254 e. The van der Waals surface area contributed by atoms with Crippen molar-refractivity contribution in [3.63, 3.8) is 0 Å². The molecule has 0 radical (unpaired) electrons. The molecule has 1 heterocycles. The number of hydrogen-bond acceptors (Lipinski definition) is 4. The molecule has 146 valence electrons. The van der Waals surface area contributed by atoms with Gasteiger partial charge in [0.15, 0.2) is 0 Å². The predicted molar refractivity (Wildman–Crippen MR) is 114 cm³/mol. The van der Waals surface area contributed by atoms with Crippen molar-refractivity contribution in [2.24, 2.45) is 0 Å². The number of aryl methyl sites for hydroxylation is 1. The Morgan fingerprint density at radius 1 is 1.18 bits per heavy atom. The largest absolute Gasteiger partial charge is 0.486 e. The lowest BCUT2D eigenvalue weighted by Crippen LogP contribution is -2.36. The van der Waals surface area contributed by atoms with Gasteiger partial charge in [0, 0.05) is 22.0 Å². The van der Waals surface area contributed by atoms with Gasteiger partial charge in [0.05, 0.1) is 12.2 Å². The van der Waals surface area contributed by atoms with Crippen LogP contribution in [0, 0.1) is 6.92 Å². The lowest BCUT2D eigenvalue weighted by atomic mass is 10.1. The monoisotopic (exact) mass is 414 g/mol. The van der Waals surface area contributed by atoms with Crippen molar-refractivity contribution < 1.29 is 9.53 Å². The number of nitrogens with zero attached hydrogens (tertiary/aromatic N) is 2. The highest BCUT2D eigenvalue weighted by Crippen LogP contribution is 2.21. The van der Waals surface area contributed by atoms with E-state index in [0.717, 1.165) is 22.0 Å². The summed E-state index contributed by atoms with van der Waals surface area (Å²) in [7, 11) is 0. The normalized spacial score (nSPS) is 10.9. The van der Waals surface area contributed by atoms with Gasteiger partial charge in [-0.25, -0.2) is 4.98 Å². The van der Waals surface area contributed by atoms with Gasteiger partial charge in [-0.2, -0.15) is 0 Å². The number of rotatable bonds is 7. The van der Waals surface area contributed by atoms with E-state index in [1.807, 2.05) is 55.3 Å². The van der Waals surface area contributed by atoms with E-state index in [4.69, 9.17) is 16.3 Å². The Morgan fingerprint density at radius 2 is 1.89 bits per heavy atom. The molecule has 0 aliphatic heterocycles. The Bertz CT molecular complexity index is 938. The number of ether oxygens (including phenoxy) is 1. The first-order valence-corrected chi connectivity index (χ1v) is 10.4. The van der Waals surface area contributed by atoms with Crippen LogP contribution in [-0.4, -0.2) is 21.8 Å². The highest BCUT2D eigenvalue weighted by molar-refractivity contribution is 7.09. The number of halogens is 1. The van der Waals surface area contributed by atoms with Gasteiger partial charge in [-0.05, 0) is 56.7 Å². The van der Waals surface area contributed by atoms with Crippen LogP contribution in [0.4, 0.5) is 0 Å². The maximum atomic E-state index is 12.9. The minimum Gasteiger partial charge on any atom is -0.486 e. The van der Waals surface area contributed by atoms with Crippen molar-refractivity contribution in [2.45, 2.75) is 40.0 Å². The second-order valence-electron chi connectivity index (χ2n) is 6.82. The van der Waals surface area contributed by atoms with Gasteiger partial charge in [0.2, 0.25) is 0 Å². The van der Waals surface area contributed by atoms with Crippen LogP contribution in [0.1, 0.15) is 40.5 Å². The summed E-state index contributed by atoms with van der Waals surface area (Å²) in [5.74, 6) is 0.832. The van der Waals surface area contributed by atoms with Crippen molar-refractivity contribution in [1.29, 1.82) is 0 Å². The van der Waals surface area contributed by atoms with Crippen LogP contribution in [0.3, 0.4) is 0 Å². The number of aromatic nitrogens is 1. The van der Waals surface area contributed by atoms with Crippen LogP contribution in [0.2, 0.25) is 5.02 Å². The fourth-order valence-corrected chi connectivity index (χ4v) is 3.59. The van der Waals surface area contributed by atoms with Crippen molar-refractivity contribution in [3.05, 3.63) is 80.8 Å². The molecule has 0 unspecified atom stereocenters. The number of amides is 1. The molecule has 4 nitrogen and oxygen atoms in total. The number of carbonyl (C=O) groups is 1. The molecule has 6 heteroatoms. The minimum atomic E-state index is -0.0302. The second kappa shape index (κ2) is 9.22. The van der Waals surface area contributed by atoms with E-state index in [0.29, 0.717) is 23.7 Å². The number of hydrogen-bond donors (Lipinski definition) is 0. The fourth-order valence-electron chi connectivity index (χ4n) is 2.77. The Hall–Kier alpha value is -2.37. The van der Waals surface area contributed by atoms with Crippen LogP contribution in [0.5, 0.6) is 5.75 Å². The van der Waals surface area contributed by atoms with Crippen molar-refractivity contribution in [2.75, 3.05) is 0 Å². The zero-order valence-corrected chi connectivity index (χ0v) is 17.8. The summed E-state index contributed by atoms with van der Waals surface area (Å²) in [6, 6.07) is 14.9. The number of thiazole rings is 1. The molecule has 3 aromatic rings. The summed E-state index contributed by atoms with van der Waals surface area (Å²) >= 11 is 7.48. The molecule has 2 aromatic carbocycles. The molecule has 0 saturated heterocycles. The zero-order chi connectivity index (χ0) is 20.1. The summed E-state index contributed by atoms with van der Waals surface area (Å²) in [5, 5.41) is 3.49. The van der Waals surface area contributed by atoms with E-state index >= 15 is 0 Å². The molecule has 0 saturated carbocycles. The molecule has 0 fully saturated rings. The van der Waals surface area contributed by atoms with Crippen LogP contribution in [0.25, 0.3) is 0 Å². The van der Waals surface area contributed by atoms with E-state index in [-0.39, 0.29) is 11.9 Å². The van der Waals surface area contributed by atoms with Crippen LogP contribution >= 0.6 is 22.9 Å². The highest BCUT2D eigenvalue weighted by Gasteiger charge is 2.20. The second-order valence-corrected chi connectivity index (χ2v) is 8.20. The molecule has 0 spiro atoms. The molecule has 0 atom stereocenters. The Balaban J connectivity index is 1.66. The SMILES string of the molecule is Cc1ccccc1OCc1nc(CN(C(=O)c2ccc(Cl)cc2)C(C)C)cs1. The van der Waals surface area contributed by atoms with Crippen molar-refractivity contribution in [1.82, 2.24) is 9.88 Å². The Kier molecular flexibility index (Phi) is 6.70. The van der Waals surface area contributed by atoms with E-state index in [2.05, 4.69) is 4.98 Å². The molecule has 0 bridgehead atoms. The number of carbonyl (C=O) groups excluding carboxylic acids is 1. The van der Waals surface area contributed by atoms with Gasteiger partial charge >= 0.3 is 0 Å². The summed E-state index contributed by atoms with van der Waals surface area (Å²) in [6.07, 6.45) is 0. The van der Waals surface area contributed by atoms with Crippen molar-refractivity contribution in [3.8, 4) is 5.75 Å². The molecule has 0 aliphatic rings. The average molecular weight is 415 g/mol. The third-order valence-corrected chi connectivity index (χ3v) is 5.47. The minimum absolute atomic E-state index is 0.0302. The van der Waals surface area contributed by atoms with E-state index in [1.165, 1.54) is 0 Å². The van der Waals surface area contributed by atoms with Crippen LogP contribution in [0.15, 0.2) is 53.9 Å². The quantitative estimate of drug-likeness (QED) is 0.495. The molecular weight excluding hydrogens is 392 g/mol. The maximum absolute atomic E-state index is 12.9. The molecule has 3 rings (SSSR count). The molecular formula is C22H23ClN2O2S. The lowest BCUT2D eigenvalue weighted by molar-refractivity contribution is 0.0688. The van der Waals surface area contributed by atoms with Gasteiger partial charge in [0.1, 0.15) is 17.4 Å². The lowest BCUT2D eigenvalue weighted by Gasteiger charge is -2.26. The van der Waals surface area contributed by atoms with Gasteiger partial charge < -0.3 is 9.64 Å². The Morgan fingerprint density at radius 3 is 2.57 bits per heavy atom. The first-order valence-electron chi connectivity index (χ1n) is 9.12. The first kappa shape index (κ1) is 20.4. The molecule has 0 aliphatic carbocycles. The summed E-state index contributed by atoms with van der Waals surface area (Å²) in [5.41, 5.74) is 2.58. The van der Waals surface area contributed by atoms with Crippen molar-refractivity contribution >= 4 is 28.8 Å². The number of para-hydroxylation sites is 1. The zero-order valence-electron chi connectivity index (χ0n) is 16.2. The molecule has 1 amide bonds. The third kappa shape index (κ3) is 5.12. The summed E-state index contributed by atoms with van der Waals surface area (Å²) in [4.78, 5) is 19.3. The van der Waals surface area contributed by atoms with Gasteiger partial charge in [-0.1, -0.05) is 29.8 Å². The topological polar surface area (TPSA) is 42.4 Å². The van der Waals surface area contributed by atoms with E-state index in [1.54, 1.807) is 35.6 Å². The molecule has 0 N–H and O–H groups in total. The predicted octanol–water partition coefficient (Wildman–Crippen LogP) is 5.73.